The molecule has 1 aromatic carbocycles. The second kappa shape index (κ2) is 9.92. The summed E-state index contributed by atoms with van der Waals surface area (Å²) in [5, 5.41) is 11.9. The standard InChI is InChI=1S/C20H23N5O3S/c1-4-27-15-8-9-17(28-5-2)16(11-15)22-18(26)13-29-20-24-23-19(25(20)3)14-7-6-10-21-12-14/h6-12H,4-5,13H2,1-3H3,(H,22,26). The maximum atomic E-state index is 12.5. The molecule has 0 aliphatic carbocycles. The quantitative estimate of drug-likeness (QED) is 0.538. The Kier molecular flexibility index (Phi) is 7.07. The van der Waals surface area contributed by atoms with Gasteiger partial charge in [0.25, 0.3) is 0 Å². The van der Waals surface area contributed by atoms with Crippen molar-refractivity contribution in [2.75, 3.05) is 24.3 Å². The van der Waals surface area contributed by atoms with Crippen molar-refractivity contribution >= 4 is 23.4 Å². The van der Waals surface area contributed by atoms with Gasteiger partial charge in [-0.3, -0.25) is 9.78 Å². The van der Waals surface area contributed by atoms with Gasteiger partial charge < -0.3 is 19.4 Å². The summed E-state index contributed by atoms with van der Waals surface area (Å²) in [5.41, 5.74) is 1.45. The number of aromatic nitrogens is 4. The highest BCUT2D eigenvalue weighted by molar-refractivity contribution is 7.99. The number of anilines is 1. The molecule has 2 aromatic heterocycles. The summed E-state index contributed by atoms with van der Waals surface area (Å²) in [4.78, 5) is 16.6. The second-order valence-electron chi connectivity index (χ2n) is 5.97. The van der Waals surface area contributed by atoms with Crippen molar-refractivity contribution in [1.29, 1.82) is 0 Å². The van der Waals surface area contributed by atoms with Gasteiger partial charge in [0.1, 0.15) is 11.5 Å². The first kappa shape index (κ1) is 20.7. The van der Waals surface area contributed by atoms with Gasteiger partial charge in [0, 0.05) is 31.1 Å². The third-order valence-electron chi connectivity index (χ3n) is 3.92. The molecular formula is C20H23N5O3S. The van der Waals surface area contributed by atoms with E-state index in [0.717, 1.165) is 5.56 Å². The average molecular weight is 414 g/mol. The lowest BCUT2D eigenvalue weighted by molar-refractivity contribution is -0.113. The molecule has 2 heterocycles. The third-order valence-corrected chi connectivity index (χ3v) is 4.94. The van der Waals surface area contributed by atoms with E-state index in [1.807, 2.05) is 43.7 Å². The number of rotatable bonds is 9. The molecule has 1 N–H and O–H groups in total. The third kappa shape index (κ3) is 5.26. The van der Waals surface area contributed by atoms with Crippen LogP contribution in [0.1, 0.15) is 13.8 Å². The fourth-order valence-corrected chi connectivity index (χ4v) is 3.36. The molecule has 0 bridgehead atoms. The zero-order valence-corrected chi connectivity index (χ0v) is 17.4. The molecule has 3 aromatic rings. The highest BCUT2D eigenvalue weighted by Crippen LogP contribution is 2.30. The van der Waals surface area contributed by atoms with E-state index in [2.05, 4.69) is 20.5 Å². The van der Waals surface area contributed by atoms with Gasteiger partial charge in [-0.1, -0.05) is 11.8 Å². The number of ether oxygens (including phenoxy) is 2. The molecule has 0 aliphatic heterocycles. The van der Waals surface area contributed by atoms with Crippen LogP contribution < -0.4 is 14.8 Å². The van der Waals surface area contributed by atoms with Crippen molar-refractivity contribution in [3.63, 3.8) is 0 Å². The minimum Gasteiger partial charge on any atom is -0.494 e. The zero-order valence-electron chi connectivity index (χ0n) is 16.6. The van der Waals surface area contributed by atoms with Gasteiger partial charge in [0.2, 0.25) is 5.91 Å². The Morgan fingerprint density at radius 3 is 2.72 bits per heavy atom. The summed E-state index contributed by atoms with van der Waals surface area (Å²) < 4.78 is 13.0. The van der Waals surface area contributed by atoms with Crippen LogP contribution in [0.2, 0.25) is 0 Å². The van der Waals surface area contributed by atoms with Gasteiger partial charge in [-0.25, -0.2) is 0 Å². The fourth-order valence-electron chi connectivity index (χ4n) is 2.65. The number of hydrogen-bond donors (Lipinski definition) is 1. The summed E-state index contributed by atoms with van der Waals surface area (Å²) in [6.07, 6.45) is 3.43. The molecule has 0 radical (unpaired) electrons. The molecule has 29 heavy (non-hydrogen) atoms. The first-order chi connectivity index (χ1) is 14.1. The van der Waals surface area contributed by atoms with Crippen LogP contribution in [-0.2, 0) is 11.8 Å². The number of thioether (sulfide) groups is 1. The van der Waals surface area contributed by atoms with E-state index in [-0.39, 0.29) is 11.7 Å². The van der Waals surface area contributed by atoms with Crippen molar-refractivity contribution < 1.29 is 14.3 Å². The average Bonchev–Trinajstić information content (AvgIpc) is 3.10. The number of pyridine rings is 1. The van der Waals surface area contributed by atoms with Crippen LogP contribution in [-0.4, -0.2) is 44.6 Å². The van der Waals surface area contributed by atoms with Crippen LogP contribution in [0.3, 0.4) is 0 Å². The summed E-state index contributed by atoms with van der Waals surface area (Å²) in [5.74, 6) is 1.99. The number of carbonyl (C=O) groups excluding carboxylic acids is 1. The van der Waals surface area contributed by atoms with Crippen molar-refractivity contribution in [2.24, 2.45) is 7.05 Å². The maximum Gasteiger partial charge on any atom is 0.234 e. The molecule has 152 valence electrons. The topological polar surface area (TPSA) is 91.2 Å². The highest BCUT2D eigenvalue weighted by atomic mass is 32.2. The van der Waals surface area contributed by atoms with Crippen LogP contribution in [0, 0.1) is 0 Å². The molecule has 0 unspecified atom stereocenters. The summed E-state index contributed by atoms with van der Waals surface area (Å²) in [6.45, 7) is 4.85. The molecule has 1 amide bonds. The molecule has 0 atom stereocenters. The van der Waals surface area contributed by atoms with Crippen LogP contribution >= 0.6 is 11.8 Å². The van der Waals surface area contributed by atoms with Crippen molar-refractivity contribution in [1.82, 2.24) is 19.7 Å². The predicted molar refractivity (Wildman–Crippen MR) is 112 cm³/mol. The van der Waals surface area contributed by atoms with Crippen LogP contribution in [0.4, 0.5) is 5.69 Å². The number of nitrogens with one attached hydrogen (secondary N) is 1. The first-order valence-electron chi connectivity index (χ1n) is 9.24. The number of hydrogen-bond acceptors (Lipinski definition) is 7. The molecule has 3 rings (SSSR count). The van der Waals surface area contributed by atoms with E-state index in [1.165, 1.54) is 11.8 Å². The first-order valence-corrected chi connectivity index (χ1v) is 10.2. The lowest BCUT2D eigenvalue weighted by Crippen LogP contribution is -2.15. The van der Waals surface area contributed by atoms with Gasteiger partial charge >= 0.3 is 0 Å². The minimum absolute atomic E-state index is 0.171. The smallest absolute Gasteiger partial charge is 0.234 e. The Hall–Kier alpha value is -3.07. The second-order valence-corrected chi connectivity index (χ2v) is 6.91. The van der Waals surface area contributed by atoms with Crippen molar-refractivity contribution in [3.05, 3.63) is 42.7 Å². The molecule has 0 saturated heterocycles. The normalized spacial score (nSPS) is 10.6. The van der Waals surface area contributed by atoms with E-state index in [9.17, 15) is 4.79 Å². The zero-order chi connectivity index (χ0) is 20.6. The van der Waals surface area contributed by atoms with Gasteiger partial charge in [0.05, 0.1) is 24.7 Å². The molecule has 0 aliphatic rings. The van der Waals surface area contributed by atoms with Gasteiger partial charge in [0.15, 0.2) is 11.0 Å². The molecular weight excluding hydrogens is 390 g/mol. The van der Waals surface area contributed by atoms with E-state index >= 15 is 0 Å². The van der Waals surface area contributed by atoms with Gasteiger partial charge in [-0.05, 0) is 38.1 Å². The van der Waals surface area contributed by atoms with Crippen molar-refractivity contribution in [2.45, 2.75) is 19.0 Å². The largest absolute Gasteiger partial charge is 0.494 e. The number of amides is 1. The highest BCUT2D eigenvalue weighted by Gasteiger charge is 2.14. The molecule has 9 heteroatoms. The Balaban J connectivity index is 1.66. The Labute approximate surface area is 173 Å². The van der Waals surface area contributed by atoms with Crippen LogP contribution in [0.15, 0.2) is 47.9 Å². The molecule has 0 fully saturated rings. The summed E-state index contributed by atoms with van der Waals surface area (Å²) in [7, 11) is 1.86. The van der Waals surface area contributed by atoms with E-state index in [4.69, 9.17) is 9.47 Å². The Bertz CT molecular complexity index is 962. The fraction of sp³-hybridized carbons (Fsp3) is 0.300. The maximum absolute atomic E-state index is 12.5. The predicted octanol–water partition coefficient (Wildman–Crippen LogP) is 3.41. The minimum atomic E-state index is -0.171. The van der Waals surface area contributed by atoms with E-state index in [0.29, 0.717) is 41.4 Å². The summed E-state index contributed by atoms with van der Waals surface area (Å²) in [6, 6.07) is 9.13. The molecule has 8 nitrogen and oxygen atoms in total. The molecule has 0 saturated carbocycles. The monoisotopic (exact) mass is 413 g/mol. The summed E-state index contributed by atoms with van der Waals surface area (Å²) >= 11 is 1.31. The van der Waals surface area contributed by atoms with E-state index < -0.39 is 0 Å². The SMILES string of the molecule is CCOc1ccc(OCC)c(NC(=O)CSc2nnc(-c3cccnc3)n2C)c1. The lowest BCUT2D eigenvalue weighted by Gasteiger charge is -2.13. The molecule has 0 spiro atoms. The van der Waals surface area contributed by atoms with Gasteiger partial charge in [-0.2, -0.15) is 0 Å². The van der Waals surface area contributed by atoms with Crippen LogP contribution in [0.25, 0.3) is 11.4 Å². The number of carbonyl (C=O) groups is 1. The number of benzene rings is 1. The Morgan fingerprint density at radius 1 is 1.17 bits per heavy atom. The van der Waals surface area contributed by atoms with Crippen LogP contribution in [0.5, 0.6) is 11.5 Å². The number of nitrogens with zero attached hydrogens (tertiary/aromatic N) is 4. The lowest BCUT2D eigenvalue weighted by atomic mass is 10.2. The van der Waals surface area contributed by atoms with E-state index in [1.54, 1.807) is 24.5 Å². The van der Waals surface area contributed by atoms with Crippen molar-refractivity contribution in [3.8, 4) is 22.9 Å². The van der Waals surface area contributed by atoms with Gasteiger partial charge in [-0.15, -0.1) is 10.2 Å². The Morgan fingerprint density at radius 2 is 2.00 bits per heavy atom.